The van der Waals surface area contributed by atoms with Gasteiger partial charge in [0.15, 0.2) is 11.5 Å². The number of carboxylic acid groups (broad SMARTS) is 1. The summed E-state index contributed by atoms with van der Waals surface area (Å²) < 4.78 is 16.3. The lowest BCUT2D eigenvalue weighted by atomic mass is 9.79. The number of amides is 1. The normalized spacial score (nSPS) is 18.4. The Balaban J connectivity index is 2.30. The molecule has 0 radical (unpaired) electrons. The Morgan fingerprint density at radius 2 is 1.62 bits per heavy atom. The summed E-state index contributed by atoms with van der Waals surface area (Å²) in [6, 6.07) is 9.33. The molecular formula is C22H25NO6. The number of fused-ring (bicyclic) bond motifs is 1. The molecule has 0 saturated heterocycles. The predicted molar refractivity (Wildman–Crippen MR) is 107 cm³/mol. The maximum absolute atomic E-state index is 13.3. The quantitative estimate of drug-likeness (QED) is 0.800. The van der Waals surface area contributed by atoms with Crippen LogP contribution < -0.4 is 14.2 Å². The van der Waals surface area contributed by atoms with Crippen LogP contribution >= 0.6 is 0 Å². The minimum Gasteiger partial charge on any atom is -0.493 e. The van der Waals surface area contributed by atoms with E-state index >= 15 is 0 Å². The molecule has 2 aromatic carbocycles. The van der Waals surface area contributed by atoms with Gasteiger partial charge in [0.1, 0.15) is 5.92 Å². The number of carbonyl (C=O) groups is 2. The number of carbonyl (C=O) groups excluding carboxylic acids is 1. The third kappa shape index (κ3) is 3.37. The third-order valence-electron chi connectivity index (χ3n) is 5.23. The molecule has 0 bridgehead atoms. The van der Waals surface area contributed by atoms with Crippen LogP contribution in [-0.4, -0.2) is 49.3 Å². The molecule has 0 aliphatic carbocycles. The molecule has 1 aliphatic rings. The van der Waals surface area contributed by atoms with Gasteiger partial charge in [0, 0.05) is 11.6 Å². The highest BCUT2D eigenvalue weighted by Crippen LogP contribution is 2.48. The first-order valence-corrected chi connectivity index (χ1v) is 9.30. The second-order valence-electron chi connectivity index (χ2n) is 7.11. The molecule has 1 amide bonds. The number of benzene rings is 2. The molecular weight excluding hydrogens is 374 g/mol. The zero-order valence-electron chi connectivity index (χ0n) is 17.1. The average Bonchev–Trinajstić information content (AvgIpc) is 2.71. The van der Waals surface area contributed by atoms with Crippen LogP contribution in [0.15, 0.2) is 36.4 Å². The van der Waals surface area contributed by atoms with Crippen LogP contribution in [-0.2, 0) is 4.79 Å². The van der Waals surface area contributed by atoms with Crippen molar-refractivity contribution in [2.75, 3.05) is 21.3 Å². The summed E-state index contributed by atoms with van der Waals surface area (Å²) in [4.78, 5) is 27.3. The first-order valence-electron chi connectivity index (χ1n) is 9.30. The number of rotatable bonds is 6. The molecule has 1 heterocycles. The van der Waals surface area contributed by atoms with Crippen LogP contribution in [0.4, 0.5) is 0 Å². The summed E-state index contributed by atoms with van der Waals surface area (Å²) in [7, 11) is 4.50. The lowest BCUT2D eigenvalue weighted by Gasteiger charge is -2.43. The smallest absolute Gasteiger partial charge is 0.313 e. The fourth-order valence-corrected chi connectivity index (χ4v) is 4.01. The van der Waals surface area contributed by atoms with Crippen molar-refractivity contribution in [3.8, 4) is 17.2 Å². The van der Waals surface area contributed by atoms with Crippen LogP contribution in [0.1, 0.15) is 47.3 Å². The zero-order valence-corrected chi connectivity index (χ0v) is 17.1. The minimum atomic E-state index is -1.01. The number of hydrogen-bond donors (Lipinski definition) is 1. The summed E-state index contributed by atoms with van der Waals surface area (Å²) >= 11 is 0. The highest BCUT2D eigenvalue weighted by Gasteiger charge is 2.45. The van der Waals surface area contributed by atoms with Crippen molar-refractivity contribution in [2.24, 2.45) is 0 Å². The van der Waals surface area contributed by atoms with E-state index in [4.69, 9.17) is 14.2 Å². The van der Waals surface area contributed by atoms with Gasteiger partial charge in [-0.15, -0.1) is 0 Å². The van der Waals surface area contributed by atoms with Gasteiger partial charge in [-0.05, 0) is 43.2 Å². The SMILES string of the molecule is COc1cc(C2C(C(=O)O)c3ccccc3C(=O)N2C(C)C)cc(OC)c1OC. The molecule has 7 heteroatoms. The minimum absolute atomic E-state index is 0.202. The lowest BCUT2D eigenvalue weighted by molar-refractivity contribution is -0.140. The van der Waals surface area contributed by atoms with Crippen molar-refractivity contribution in [3.05, 3.63) is 53.1 Å². The van der Waals surface area contributed by atoms with E-state index in [0.29, 0.717) is 33.9 Å². The fourth-order valence-electron chi connectivity index (χ4n) is 4.01. The van der Waals surface area contributed by atoms with Gasteiger partial charge >= 0.3 is 5.97 Å². The van der Waals surface area contributed by atoms with Crippen molar-refractivity contribution in [1.29, 1.82) is 0 Å². The molecule has 0 aromatic heterocycles. The number of hydrogen-bond acceptors (Lipinski definition) is 5. The molecule has 0 saturated carbocycles. The summed E-state index contributed by atoms with van der Waals surface area (Å²) in [6.45, 7) is 3.74. The van der Waals surface area contributed by atoms with Gasteiger partial charge in [-0.25, -0.2) is 0 Å². The second-order valence-corrected chi connectivity index (χ2v) is 7.11. The Hall–Kier alpha value is -3.22. The molecule has 29 heavy (non-hydrogen) atoms. The summed E-state index contributed by atoms with van der Waals surface area (Å²) in [5.74, 6) is -0.929. The number of nitrogens with zero attached hydrogens (tertiary/aromatic N) is 1. The maximum Gasteiger partial charge on any atom is 0.313 e. The van der Waals surface area contributed by atoms with Crippen LogP contribution in [0.25, 0.3) is 0 Å². The second kappa shape index (κ2) is 8.03. The fraction of sp³-hybridized carbons (Fsp3) is 0.364. The number of aliphatic carboxylic acids is 1. The number of ether oxygens (including phenoxy) is 3. The third-order valence-corrected chi connectivity index (χ3v) is 5.23. The van der Waals surface area contributed by atoms with Gasteiger partial charge < -0.3 is 24.2 Å². The Morgan fingerprint density at radius 1 is 1.03 bits per heavy atom. The molecule has 2 aromatic rings. The van der Waals surface area contributed by atoms with Gasteiger partial charge in [0.25, 0.3) is 5.91 Å². The van der Waals surface area contributed by atoms with Crippen LogP contribution in [0.5, 0.6) is 17.2 Å². The molecule has 1 N–H and O–H groups in total. The molecule has 2 unspecified atom stereocenters. The van der Waals surface area contributed by atoms with E-state index in [0.717, 1.165) is 0 Å². The first-order chi connectivity index (χ1) is 13.8. The highest BCUT2D eigenvalue weighted by molar-refractivity contribution is 6.00. The van der Waals surface area contributed by atoms with Crippen LogP contribution in [0, 0.1) is 0 Å². The Bertz CT molecular complexity index is 914. The molecule has 0 spiro atoms. The average molecular weight is 399 g/mol. The van der Waals surface area contributed by atoms with Gasteiger partial charge in [-0.3, -0.25) is 9.59 Å². The van der Waals surface area contributed by atoms with Gasteiger partial charge in [-0.1, -0.05) is 18.2 Å². The topological polar surface area (TPSA) is 85.3 Å². The van der Waals surface area contributed by atoms with Crippen molar-refractivity contribution >= 4 is 11.9 Å². The van der Waals surface area contributed by atoms with Gasteiger partial charge in [0.2, 0.25) is 5.75 Å². The number of methoxy groups -OCH3 is 3. The monoisotopic (exact) mass is 399 g/mol. The number of carboxylic acids is 1. The maximum atomic E-state index is 13.3. The molecule has 2 atom stereocenters. The Morgan fingerprint density at radius 3 is 2.10 bits per heavy atom. The van der Waals surface area contributed by atoms with E-state index in [2.05, 4.69) is 0 Å². The lowest BCUT2D eigenvalue weighted by Crippen LogP contribution is -2.48. The summed E-state index contributed by atoms with van der Waals surface area (Å²) in [5, 5.41) is 10.1. The van der Waals surface area contributed by atoms with Gasteiger partial charge in [0.05, 0.1) is 27.4 Å². The molecule has 154 valence electrons. The summed E-state index contributed by atoms with van der Waals surface area (Å²) in [6.07, 6.45) is 0. The Kier molecular flexibility index (Phi) is 5.68. The largest absolute Gasteiger partial charge is 0.493 e. The van der Waals surface area contributed by atoms with Crippen LogP contribution in [0.3, 0.4) is 0 Å². The van der Waals surface area contributed by atoms with Crippen molar-refractivity contribution in [2.45, 2.75) is 31.8 Å². The van der Waals surface area contributed by atoms with Crippen molar-refractivity contribution in [3.63, 3.8) is 0 Å². The Labute approximate surface area is 169 Å². The van der Waals surface area contributed by atoms with E-state index < -0.39 is 17.9 Å². The van der Waals surface area contributed by atoms with Gasteiger partial charge in [-0.2, -0.15) is 0 Å². The first kappa shape index (κ1) is 20.5. The van der Waals surface area contributed by atoms with E-state index in [1.165, 1.54) is 21.3 Å². The van der Waals surface area contributed by atoms with Crippen LogP contribution in [0.2, 0.25) is 0 Å². The molecule has 7 nitrogen and oxygen atoms in total. The molecule has 0 fully saturated rings. The molecule has 1 aliphatic heterocycles. The molecule has 3 rings (SSSR count). The zero-order chi connectivity index (χ0) is 21.3. The summed E-state index contributed by atoms with van der Waals surface area (Å²) in [5.41, 5.74) is 1.52. The van der Waals surface area contributed by atoms with E-state index in [-0.39, 0.29) is 11.9 Å². The van der Waals surface area contributed by atoms with E-state index in [1.54, 1.807) is 41.3 Å². The van der Waals surface area contributed by atoms with Crippen molar-refractivity contribution < 1.29 is 28.9 Å². The standard InChI is InChI=1S/C22H25NO6/c1-12(2)23-19(13-10-16(27-3)20(29-5)17(11-13)28-4)18(22(25)26)14-8-6-7-9-15(14)21(23)24/h6-12,18-19H,1-5H3,(H,25,26). The predicted octanol–water partition coefficient (Wildman–Crippen LogP) is 3.49. The van der Waals surface area contributed by atoms with E-state index in [1.807, 2.05) is 13.8 Å². The van der Waals surface area contributed by atoms with Crippen molar-refractivity contribution in [1.82, 2.24) is 4.90 Å². The highest BCUT2D eigenvalue weighted by atomic mass is 16.5. The van der Waals surface area contributed by atoms with E-state index in [9.17, 15) is 14.7 Å².